The molecule has 0 aliphatic rings. The van der Waals surface area contributed by atoms with E-state index in [-0.39, 0.29) is 5.82 Å². The normalized spacial score (nSPS) is 9.71. The maximum Gasteiger partial charge on any atom is 0.131 e. The quantitative estimate of drug-likeness (QED) is 0.712. The fraction of sp³-hybridized carbons (Fsp3) is 0.0667. The smallest absolute Gasteiger partial charge is 0.131 e. The van der Waals surface area contributed by atoms with Crippen LogP contribution in [0.5, 0.6) is 5.75 Å². The summed E-state index contributed by atoms with van der Waals surface area (Å²) in [5, 5.41) is 0. The van der Waals surface area contributed by atoms with Crippen LogP contribution in [0.15, 0.2) is 42.5 Å². The van der Waals surface area contributed by atoms with Crippen LogP contribution < -0.4 is 4.74 Å². The largest absolute Gasteiger partial charge is 0.497 e. The van der Waals surface area contributed by atoms with Crippen LogP contribution >= 0.6 is 0 Å². The summed E-state index contributed by atoms with van der Waals surface area (Å²) in [7, 11) is 1.55. The third-order valence-electron chi connectivity index (χ3n) is 2.55. The van der Waals surface area contributed by atoms with Crippen molar-refractivity contribution in [2.75, 3.05) is 7.11 Å². The summed E-state index contributed by atoms with van der Waals surface area (Å²) in [6.07, 6.45) is 5.40. The monoisotopic (exact) mass is 226 g/mol. The lowest BCUT2D eigenvalue weighted by Crippen LogP contribution is -1.90. The van der Waals surface area contributed by atoms with Gasteiger partial charge >= 0.3 is 0 Å². The SMILES string of the molecule is C#Cc1ccccc1-c1cc(OC)ccc1F. The van der Waals surface area contributed by atoms with Crippen molar-refractivity contribution >= 4 is 0 Å². The van der Waals surface area contributed by atoms with Gasteiger partial charge in [-0.25, -0.2) is 4.39 Å². The van der Waals surface area contributed by atoms with Crippen LogP contribution in [0.1, 0.15) is 5.56 Å². The van der Waals surface area contributed by atoms with Gasteiger partial charge in [0.1, 0.15) is 11.6 Å². The zero-order chi connectivity index (χ0) is 12.3. The van der Waals surface area contributed by atoms with Gasteiger partial charge in [-0.3, -0.25) is 0 Å². The second-order valence-electron chi connectivity index (χ2n) is 3.54. The van der Waals surface area contributed by atoms with Crippen molar-refractivity contribution in [2.45, 2.75) is 0 Å². The molecular formula is C15H11FO. The summed E-state index contributed by atoms with van der Waals surface area (Å²) < 4.78 is 18.9. The molecule has 0 aliphatic carbocycles. The lowest BCUT2D eigenvalue weighted by molar-refractivity contribution is 0.414. The Morgan fingerprint density at radius 2 is 1.88 bits per heavy atom. The number of methoxy groups -OCH3 is 1. The molecule has 0 radical (unpaired) electrons. The van der Waals surface area contributed by atoms with E-state index in [1.165, 1.54) is 6.07 Å². The molecule has 0 aromatic heterocycles. The van der Waals surface area contributed by atoms with Crippen LogP contribution in [-0.4, -0.2) is 7.11 Å². The van der Waals surface area contributed by atoms with Gasteiger partial charge in [0.15, 0.2) is 0 Å². The Morgan fingerprint density at radius 3 is 2.59 bits per heavy atom. The fourth-order valence-corrected chi connectivity index (χ4v) is 1.68. The molecule has 0 N–H and O–H groups in total. The van der Waals surface area contributed by atoms with E-state index in [0.29, 0.717) is 22.4 Å². The first kappa shape index (κ1) is 11.2. The summed E-state index contributed by atoms with van der Waals surface area (Å²) in [6, 6.07) is 11.8. The third kappa shape index (κ3) is 2.14. The summed E-state index contributed by atoms with van der Waals surface area (Å²) in [4.78, 5) is 0. The second kappa shape index (κ2) is 4.71. The molecule has 2 rings (SSSR count). The third-order valence-corrected chi connectivity index (χ3v) is 2.55. The molecule has 0 atom stereocenters. The lowest BCUT2D eigenvalue weighted by atomic mass is 9.99. The number of ether oxygens (including phenoxy) is 1. The highest BCUT2D eigenvalue weighted by Crippen LogP contribution is 2.29. The topological polar surface area (TPSA) is 9.23 Å². The van der Waals surface area contributed by atoms with Crippen molar-refractivity contribution in [3.05, 3.63) is 53.8 Å². The fourth-order valence-electron chi connectivity index (χ4n) is 1.68. The van der Waals surface area contributed by atoms with Gasteiger partial charge in [0, 0.05) is 16.7 Å². The van der Waals surface area contributed by atoms with Crippen LogP contribution in [0.25, 0.3) is 11.1 Å². The van der Waals surface area contributed by atoms with Gasteiger partial charge in [0.05, 0.1) is 7.11 Å². The van der Waals surface area contributed by atoms with E-state index in [1.807, 2.05) is 12.1 Å². The highest BCUT2D eigenvalue weighted by Gasteiger charge is 2.09. The summed E-state index contributed by atoms with van der Waals surface area (Å²) >= 11 is 0. The minimum Gasteiger partial charge on any atom is -0.497 e. The molecule has 0 bridgehead atoms. The zero-order valence-electron chi connectivity index (χ0n) is 9.41. The first-order valence-corrected chi connectivity index (χ1v) is 5.16. The number of benzene rings is 2. The number of hydrogen-bond acceptors (Lipinski definition) is 1. The van der Waals surface area contributed by atoms with Gasteiger partial charge < -0.3 is 4.74 Å². The van der Waals surface area contributed by atoms with E-state index in [4.69, 9.17) is 11.2 Å². The molecule has 2 heteroatoms. The molecule has 0 fully saturated rings. The van der Waals surface area contributed by atoms with Crippen molar-refractivity contribution in [3.63, 3.8) is 0 Å². The van der Waals surface area contributed by atoms with Gasteiger partial charge in [-0.15, -0.1) is 6.42 Å². The maximum atomic E-state index is 13.8. The molecule has 0 amide bonds. The summed E-state index contributed by atoms with van der Waals surface area (Å²) in [5.41, 5.74) is 1.82. The second-order valence-corrected chi connectivity index (χ2v) is 3.54. The van der Waals surface area contributed by atoms with Gasteiger partial charge in [0.2, 0.25) is 0 Å². The van der Waals surface area contributed by atoms with E-state index in [1.54, 1.807) is 31.4 Å². The molecule has 84 valence electrons. The molecule has 0 spiro atoms. The maximum absolute atomic E-state index is 13.8. The van der Waals surface area contributed by atoms with E-state index in [2.05, 4.69) is 5.92 Å². The van der Waals surface area contributed by atoms with Gasteiger partial charge in [0.25, 0.3) is 0 Å². The molecular weight excluding hydrogens is 215 g/mol. The first-order chi connectivity index (χ1) is 8.26. The van der Waals surface area contributed by atoms with Crippen molar-refractivity contribution in [1.82, 2.24) is 0 Å². The Kier molecular flexibility index (Phi) is 3.11. The van der Waals surface area contributed by atoms with Crippen molar-refractivity contribution < 1.29 is 9.13 Å². The molecule has 2 aromatic carbocycles. The highest BCUT2D eigenvalue weighted by atomic mass is 19.1. The van der Waals surface area contributed by atoms with Gasteiger partial charge in [-0.2, -0.15) is 0 Å². The number of rotatable bonds is 2. The molecule has 0 saturated carbocycles. The Morgan fingerprint density at radius 1 is 1.12 bits per heavy atom. The minimum absolute atomic E-state index is 0.312. The number of terminal acetylenes is 1. The minimum atomic E-state index is -0.312. The Hall–Kier alpha value is -2.27. The molecule has 2 aromatic rings. The molecule has 0 heterocycles. The Bertz CT molecular complexity index is 582. The average Bonchev–Trinajstić information content (AvgIpc) is 2.39. The van der Waals surface area contributed by atoms with E-state index < -0.39 is 0 Å². The number of halogens is 1. The number of hydrogen-bond donors (Lipinski definition) is 0. The van der Waals surface area contributed by atoms with E-state index >= 15 is 0 Å². The molecule has 1 nitrogen and oxygen atoms in total. The van der Waals surface area contributed by atoms with Gasteiger partial charge in [-0.05, 0) is 24.3 Å². The Balaban J connectivity index is 2.64. The first-order valence-electron chi connectivity index (χ1n) is 5.16. The molecule has 0 unspecified atom stereocenters. The highest BCUT2D eigenvalue weighted by molar-refractivity contribution is 5.72. The van der Waals surface area contributed by atoms with Gasteiger partial charge in [-0.1, -0.05) is 24.1 Å². The van der Waals surface area contributed by atoms with E-state index in [0.717, 1.165) is 0 Å². The standard InChI is InChI=1S/C15H11FO/c1-3-11-6-4-5-7-13(11)14-10-12(17-2)8-9-15(14)16/h1,4-10H,2H3. The van der Waals surface area contributed by atoms with Crippen LogP contribution in [-0.2, 0) is 0 Å². The van der Waals surface area contributed by atoms with E-state index in [9.17, 15) is 4.39 Å². The Labute approximate surface area is 99.9 Å². The molecule has 0 saturated heterocycles. The lowest BCUT2D eigenvalue weighted by Gasteiger charge is -2.08. The predicted octanol–water partition coefficient (Wildman–Crippen LogP) is 3.48. The molecule has 17 heavy (non-hydrogen) atoms. The van der Waals surface area contributed by atoms with Crippen molar-refractivity contribution in [1.29, 1.82) is 0 Å². The summed E-state index contributed by atoms with van der Waals surface area (Å²) in [6.45, 7) is 0. The summed E-state index contributed by atoms with van der Waals surface area (Å²) in [5.74, 6) is 2.84. The average molecular weight is 226 g/mol. The molecule has 0 aliphatic heterocycles. The van der Waals surface area contributed by atoms with Crippen molar-refractivity contribution in [3.8, 4) is 29.2 Å². The van der Waals surface area contributed by atoms with Crippen LogP contribution in [0.2, 0.25) is 0 Å². The van der Waals surface area contributed by atoms with Crippen molar-refractivity contribution in [2.24, 2.45) is 0 Å². The predicted molar refractivity (Wildman–Crippen MR) is 66.3 cm³/mol. The van der Waals surface area contributed by atoms with Crippen LogP contribution in [0.4, 0.5) is 4.39 Å². The zero-order valence-corrected chi connectivity index (χ0v) is 9.41. The van der Waals surface area contributed by atoms with Crippen LogP contribution in [0.3, 0.4) is 0 Å². The van der Waals surface area contributed by atoms with Crippen LogP contribution in [0, 0.1) is 18.2 Å².